The Labute approximate surface area is 152 Å². The molecule has 0 aliphatic heterocycles. The lowest BCUT2D eigenvalue weighted by atomic mass is 9.86. The van der Waals surface area contributed by atoms with Gasteiger partial charge < -0.3 is 5.32 Å². The van der Waals surface area contributed by atoms with Crippen molar-refractivity contribution in [1.82, 2.24) is 4.98 Å². The Kier molecular flexibility index (Phi) is 5.60. The van der Waals surface area contributed by atoms with Crippen molar-refractivity contribution in [3.05, 3.63) is 46.7 Å². The van der Waals surface area contributed by atoms with Gasteiger partial charge in [0.1, 0.15) is 12.0 Å². The molecule has 3 nitrogen and oxygen atoms in total. The Morgan fingerprint density at radius 1 is 1.35 bits per heavy atom. The Morgan fingerprint density at radius 3 is 2.69 bits per heavy atom. The molecular formula is C18H17F4N2OS. The van der Waals surface area contributed by atoms with Gasteiger partial charge in [0.2, 0.25) is 5.91 Å². The molecule has 1 atom stereocenters. The van der Waals surface area contributed by atoms with Crippen LogP contribution in [0.4, 0.5) is 22.7 Å². The van der Waals surface area contributed by atoms with Crippen molar-refractivity contribution in [2.75, 3.05) is 5.32 Å². The van der Waals surface area contributed by atoms with E-state index in [1.165, 1.54) is 17.4 Å². The maximum atomic E-state index is 13.6. The highest BCUT2D eigenvalue weighted by Gasteiger charge is 2.36. The van der Waals surface area contributed by atoms with E-state index in [1.807, 2.05) is 0 Å². The van der Waals surface area contributed by atoms with E-state index in [0.717, 1.165) is 37.8 Å². The second kappa shape index (κ2) is 7.73. The predicted octanol–water partition coefficient (Wildman–Crippen LogP) is 5.40. The molecule has 3 rings (SSSR count). The number of halogens is 4. The van der Waals surface area contributed by atoms with Crippen molar-refractivity contribution in [1.29, 1.82) is 0 Å². The number of nitrogens with zero attached hydrogens (tertiary/aromatic N) is 1. The lowest BCUT2D eigenvalue weighted by Crippen LogP contribution is -2.23. The quantitative estimate of drug-likeness (QED) is 0.700. The van der Waals surface area contributed by atoms with Crippen LogP contribution >= 0.6 is 11.3 Å². The first-order chi connectivity index (χ1) is 12.3. The van der Waals surface area contributed by atoms with Gasteiger partial charge in [-0.2, -0.15) is 13.2 Å². The molecular weight excluding hydrogens is 368 g/mol. The topological polar surface area (TPSA) is 42.0 Å². The number of nitrogens with one attached hydrogen (secondary N) is 1. The van der Waals surface area contributed by atoms with Gasteiger partial charge >= 0.3 is 6.18 Å². The molecule has 139 valence electrons. The van der Waals surface area contributed by atoms with Gasteiger partial charge in [-0.25, -0.2) is 9.37 Å². The maximum absolute atomic E-state index is 13.6. The first-order valence-electron chi connectivity index (χ1n) is 8.33. The van der Waals surface area contributed by atoms with E-state index in [2.05, 4.69) is 16.5 Å². The molecule has 1 radical (unpaired) electrons. The number of carbonyl (C=O) groups is 1. The minimum Gasteiger partial charge on any atom is -0.301 e. The maximum Gasteiger partial charge on any atom is 0.419 e. The summed E-state index contributed by atoms with van der Waals surface area (Å²) >= 11 is 1.18. The summed E-state index contributed by atoms with van der Waals surface area (Å²) in [6.07, 6.45) is 2.21. The monoisotopic (exact) mass is 385 g/mol. The summed E-state index contributed by atoms with van der Waals surface area (Å²) in [5.41, 5.74) is -1.18. The van der Waals surface area contributed by atoms with Crippen LogP contribution in [0.25, 0.3) is 0 Å². The van der Waals surface area contributed by atoms with Crippen LogP contribution in [0.1, 0.15) is 49.1 Å². The Bertz CT molecular complexity index is 755. The Hall–Kier alpha value is -1.96. The number of amides is 1. The van der Waals surface area contributed by atoms with Crippen molar-refractivity contribution in [2.45, 2.75) is 44.2 Å². The fourth-order valence-electron chi connectivity index (χ4n) is 3.39. The minimum atomic E-state index is -4.81. The number of carbonyl (C=O) groups excluding carboxylic acids is 1. The molecule has 0 bridgehead atoms. The third-order valence-electron chi connectivity index (χ3n) is 4.68. The second-order valence-electron chi connectivity index (χ2n) is 6.45. The standard InChI is InChI=1S/C18H17F4N2OS/c19-15-6-5-12(10-14(15)18(20,21)22)13(9-11-3-1-2-4-11)16(25)24-17-23-7-8-26-17/h5-6,8,10-11,13H,1-4,9H2,(H,23,24,25). The van der Waals surface area contributed by atoms with Gasteiger partial charge in [-0.15, -0.1) is 11.3 Å². The highest BCUT2D eigenvalue weighted by molar-refractivity contribution is 7.13. The largest absolute Gasteiger partial charge is 0.419 e. The summed E-state index contributed by atoms with van der Waals surface area (Å²) in [5.74, 6) is -2.28. The third kappa shape index (κ3) is 4.41. The van der Waals surface area contributed by atoms with E-state index < -0.39 is 29.4 Å². The second-order valence-corrected chi connectivity index (χ2v) is 7.30. The number of hydrogen-bond acceptors (Lipinski definition) is 3. The van der Waals surface area contributed by atoms with E-state index in [-0.39, 0.29) is 11.5 Å². The van der Waals surface area contributed by atoms with Gasteiger partial charge in [0.15, 0.2) is 5.13 Å². The molecule has 1 N–H and O–H groups in total. The van der Waals surface area contributed by atoms with Crippen molar-refractivity contribution in [2.24, 2.45) is 5.92 Å². The molecule has 1 unspecified atom stereocenters. The third-order valence-corrected chi connectivity index (χ3v) is 5.32. The van der Waals surface area contributed by atoms with Crippen LogP contribution < -0.4 is 5.32 Å². The lowest BCUT2D eigenvalue weighted by Gasteiger charge is -2.21. The van der Waals surface area contributed by atoms with Gasteiger partial charge in [-0.1, -0.05) is 31.7 Å². The van der Waals surface area contributed by atoms with E-state index in [9.17, 15) is 22.4 Å². The molecule has 0 saturated heterocycles. The molecule has 1 aliphatic carbocycles. The molecule has 1 saturated carbocycles. The number of benzene rings is 1. The molecule has 1 amide bonds. The zero-order valence-corrected chi connectivity index (χ0v) is 14.6. The molecule has 1 aromatic carbocycles. The van der Waals surface area contributed by atoms with Crippen molar-refractivity contribution in [3.63, 3.8) is 0 Å². The van der Waals surface area contributed by atoms with E-state index in [4.69, 9.17) is 0 Å². The van der Waals surface area contributed by atoms with Gasteiger partial charge in [0, 0.05) is 5.38 Å². The molecule has 1 aromatic heterocycles. The SMILES string of the molecule is O=C(Nc1n[c]cs1)C(CC1CCCC1)c1ccc(F)c(C(F)(F)F)c1. The fourth-order valence-corrected chi connectivity index (χ4v) is 3.88. The van der Waals surface area contributed by atoms with Crippen molar-refractivity contribution >= 4 is 22.4 Å². The van der Waals surface area contributed by atoms with Crippen LogP contribution in [-0.2, 0) is 11.0 Å². The number of thiazole rings is 1. The molecule has 8 heteroatoms. The summed E-state index contributed by atoms with van der Waals surface area (Å²) < 4.78 is 52.8. The molecule has 1 aliphatic rings. The fraction of sp³-hybridized carbons (Fsp3) is 0.444. The van der Waals surface area contributed by atoms with Crippen LogP contribution in [-0.4, -0.2) is 10.9 Å². The van der Waals surface area contributed by atoms with Gasteiger partial charge in [0.25, 0.3) is 0 Å². The van der Waals surface area contributed by atoms with Crippen LogP contribution in [0.5, 0.6) is 0 Å². The lowest BCUT2D eigenvalue weighted by molar-refractivity contribution is -0.140. The summed E-state index contributed by atoms with van der Waals surface area (Å²) in [5, 5.41) is 4.54. The van der Waals surface area contributed by atoms with Crippen LogP contribution in [0.2, 0.25) is 0 Å². The number of anilines is 1. The molecule has 1 heterocycles. The molecule has 1 fully saturated rings. The summed E-state index contributed by atoms with van der Waals surface area (Å²) in [4.78, 5) is 16.6. The highest BCUT2D eigenvalue weighted by atomic mass is 32.1. The van der Waals surface area contributed by atoms with Gasteiger partial charge in [-0.05, 0) is 30.0 Å². The smallest absolute Gasteiger partial charge is 0.301 e. The zero-order valence-electron chi connectivity index (χ0n) is 13.8. The van der Waals surface area contributed by atoms with E-state index in [1.54, 1.807) is 5.38 Å². The average molecular weight is 385 g/mol. The van der Waals surface area contributed by atoms with Crippen LogP contribution in [0.3, 0.4) is 0 Å². The minimum absolute atomic E-state index is 0.170. The first-order valence-corrected chi connectivity index (χ1v) is 9.21. The number of aromatic nitrogens is 1. The number of alkyl halides is 3. The summed E-state index contributed by atoms with van der Waals surface area (Å²) in [6.45, 7) is 0. The zero-order chi connectivity index (χ0) is 18.7. The van der Waals surface area contributed by atoms with Crippen LogP contribution in [0, 0.1) is 17.9 Å². The van der Waals surface area contributed by atoms with Crippen molar-refractivity contribution in [3.8, 4) is 0 Å². The van der Waals surface area contributed by atoms with E-state index >= 15 is 0 Å². The summed E-state index contributed by atoms with van der Waals surface area (Å²) in [7, 11) is 0. The average Bonchev–Trinajstić information content (AvgIpc) is 3.25. The number of rotatable bonds is 5. The first kappa shape index (κ1) is 18.8. The summed E-state index contributed by atoms with van der Waals surface area (Å²) in [6, 6.07) is 2.80. The molecule has 2 aromatic rings. The van der Waals surface area contributed by atoms with Crippen LogP contribution in [0.15, 0.2) is 23.6 Å². The predicted molar refractivity (Wildman–Crippen MR) is 90.3 cm³/mol. The Balaban J connectivity index is 1.90. The molecule has 0 spiro atoms. The van der Waals surface area contributed by atoms with Crippen molar-refractivity contribution < 1.29 is 22.4 Å². The number of hydrogen-bond donors (Lipinski definition) is 1. The van der Waals surface area contributed by atoms with E-state index in [0.29, 0.717) is 11.6 Å². The normalized spacial score (nSPS) is 16.6. The van der Waals surface area contributed by atoms with Gasteiger partial charge in [-0.3, -0.25) is 4.79 Å². The van der Waals surface area contributed by atoms with Gasteiger partial charge in [0.05, 0.1) is 11.5 Å². The Morgan fingerprint density at radius 2 is 2.08 bits per heavy atom. The molecule has 26 heavy (non-hydrogen) atoms. The highest BCUT2D eigenvalue weighted by Crippen LogP contribution is 2.38.